The third kappa shape index (κ3) is 5.52. The van der Waals surface area contributed by atoms with Gasteiger partial charge in [-0.3, -0.25) is 0 Å². The van der Waals surface area contributed by atoms with Gasteiger partial charge in [0, 0.05) is 30.2 Å². The summed E-state index contributed by atoms with van der Waals surface area (Å²) in [6, 6.07) is 21.4. The van der Waals surface area contributed by atoms with E-state index in [0.29, 0.717) is 12.4 Å². The van der Waals surface area contributed by atoms with Gasteiger partial charge in [-0.1, -0.05) is 30.3 Å². The van der Waals surface area contributed by atoms with Crippen molar-refractivity contribution in [3.8, 4) is 23.2 Å². The van der Waals surface area contributed by atoms with Crippen LogP contribution in [0.4, 0.5) is 13.2 Å². The zero-order chi connectivity index (χ0) is 28.3. The second-order valence-electron chi connectivity index (χ2n) is 9.91. The second-order valence-corrected chi connectivity index (χ2v) is 9.91. The van der Waals surface area contributed by atoms with Gasteiger partial charge in [-0.25, -0.2) is 23.1 Å². The van der Waals surface area contributed by atoms with E-state index in [2.05, 4.69) is 4.98 Å². The number of hydrogen-bond donors (Lipinski definition) is 0. The van der Waals surface area contributed by atoms with Crippen molar-refractivity contribution in [2.75, 3.05) is 6.61 Å². The zero-order valence-electron chi connectivity index (χ0n) is 22.0. The first-order chi connectivity index (χ1) is 20.0. The number of nitriles is 1. The van der Waals surface area contributed by atoms with Crippen molar-refractivity contribution in [2.45, 2.75) is 38.5 Å². The van der Waals surface area contributed by atoms with Crippen LogP contribution in [-0.2, 0) is 24.3 Å². The van der Waals surface area contributed by atoms with E-state index in [1.807, 2.05) is 34.9 Å². The molecule has 1 aliphatic heterocycles. The molecule has 0 radical (unpaired) electrons. The summed E-state index contributed by atoms with van der Waals surface area (Å²) in [7, 11) is 0. The molecule has 1 aliphatic rings. The molecular weight excluding hydrogens is 529 g/mol. The van der Waals surface area contributed by atoms with Crippen molar-refractivity contribution in [1.29, 1.82) is 5.26 Å². The lowest BCUT2D eigenvalue weighted by Gasteiger charge is -2.15. The van der Waals surface area contributed by atoms with E-state index in [1.54, 1.807) is 24.3 Å². The predicted octanol–water partition coefficient (Wildman–Crippen LogP) is 6.74. The average Bonchev–Trinajstić information content (AvgIpc) is 3.63. The van der Waals surface area contributed by atoms with Gasteiger partial charge in [0.2, 0.25) is 5.88 Å². The lowest BCUT2D eigenvalue weighted by Crippen LogP contribution is -2.17. The third-order valence-corrected chi connectivity index (χ3v) is 7.21. The van der Waals surface area contributed by atoms with Gasteiger partial charge in [0.15, 0.2) is 11.6 Å². The molecule has 3 aromatic carbocycles. The number of pyridine rings is 1. The Labute approximate surface area is 234 Å². The molecule has 0 N–H and O–H groups in total. The fourth-order valence-corrected chi connectivity index (χ4v) is 5.08. The summed E-state index contributed by atoms with van der Waals surface area (Å²) < 4.78 is 58.5. The summed E-state index contributed by atoms with van der Waals surface area (Å²) in [5.74, 6) is -1.81. The molecule has 6 nitrogen and oxygen atoms in total. The minimum Gasteiger partial charge on any atom is -0.473 e. The van der Waals surface area contributed by atoms with E-state index < -0.39 is 17.5 Å². The van der Waals surface area contributed by atoms with Crippen LogP contribution in [0.2, 0.25) is 0 Å². The normalized spacial score (nSPS) is 14.8. The highest BCUT2D eigenvalue weighted by Gasteiger charge is 2.22. The highest BCUT2D eigenvalue weighted by molar-refractivity contribution is 5.76. The number of hydrogen-bond acceptors (Lipinski definition) is 5. The summed E-state index contributed by atoms with van der Waals surface area (Å²) in [6.45, 7) is 1.18. The summed E-state index contributed by atoms with van der Waals surface area (Å²) in [6.07, 6.45) is 2.11. The quantitative estimate of drug-likeness (QED) is 0.213. The lowest BCUT2D eigenvalue weighted by atomic mass is 10.0. The van der Waals surface area contributed by atoms with Gasteiger partial charge < -0.3 is 14.0 Å². The lowest BCUT2D eigenvalue weighted by molar-refractivity contribution is 0.0973. The molecule has 1 saturated heterocycles. The van der Waals surface area contributed by atoms with Crippen LogP contribution in [0, 0.1) is 28.8 Å². The minimum absolute atomic E-state index is 0.0193. The molecule has 9 heteroatoms. The number of imidazole rings is 1. The number of fused-ring (bicyclic) bond motifs is 1. The highest BCUT2D eigenvalue weighted by Crippen LogP contribution is 2.29. The van der Waals surface area contributed by atoms with Crippen molar-refractivity contribution in [3.05, 3.63) is 113 Å². The molecule has 0 bridgehead atoms. The minimum atomic E-state index is -1.02. The molecule has 6 rings (SSSR count). The smallest absolute Gasteiger partial charge is 0.214 e. The molecule has 1 atom stereocenters. The number of ether oxygens (including phenoxy) is 2. The fraction of sp³-hybridized carbons (Fsp3) is 0.219. The average molecular weight is 555 g/mol. The number of nitrogens with zero attached hydrogens (tertiary/aromatic N) is 4. The maximum atomic E-state index is 15.4. The molecule has 5 aromatic rings. The molecule has 0 saturated carbocycles. The van der Waals surface area contributed by atoms with E-state index in [4.69, 9.17) is 19.7 Å². The van der Waals surface area contributed by atoms with Crippen LogP contribution < -0.4 is 4.74 Å². The van der Waals surface area contributed by atoms with E-state index in [1.165, 1.54) is 18.2 Å². The van der Waals surface area contributed by atoms with Gasteiger partial charge in [-0.05, 0) is 54.8 Å². The maximum absolute atomic E-state index is 15.4. The number of aromatic nitrogens is 3. The van der Waals surface area contributed by atoms with E-state index in [0.717, 1.165) is 36.5 Å². The van der Waals surface area contributed by atoms with Gasteiger partial charge in [-0.2, -0.15) is 5.26 Å². The third-order valence-electron chi connectivity index (χ3n) is 7.21. The van der Waals surface area contributed by atoms with Crippen LogP contribution in [0.3, 0.4) is 0 Å². The van der Waals surface area contributed by atoms with Crippen LogP contribution in [0.1, 0.15) is 35.4 Å². The molecule has 0 spiro atoms. The molecule has 3 heterocycles. The van der Waals surface area contributed by atoms with Crippen molar-refractivity contribution >= 4 is 11.0 Å². The van der Waals surface area contributed by atoms with Crippen molar-refractivity contribution in [3.63, 3.8) is 0 Å². The molecular formula is C32H25F3N4O2. The van der Waals surface area contributed by atoms with Gasteiger partial charge in [0.25, 0.3) is 0 Å². The molecule has 0 amide bonds. The Bertz CT molecular complexity index is 1770. The van der Waals surface area contributed by atoms with Crippen LogP contribution in [0.5, 0.6) is 5.88 Å². The first-order valence-corrected chi connectivity index (χ1v) is 13.3. The fourth-order valence-electron chi connectivity index (χ4n) is 5.08. The Morgan fingerprint density at radius 1 is 0.951 bits per heavy atom. The SMILES string of the molecule is N#Cc1ccc(COc2cccc(-c3ccc(Cc4nc5ccccc5n4CC4CCCO4)c(F)c3F)n2)c(F)c1. The summed E-state index contributed by atoms with van der Waals surface area (Å²) >= 11 is 0. The Morgan fingerprint density at radius 3 is 2.61 bits per heavy atom. The standard InChI is InChI=1S/C32H25F3N4O2/c33-25-15-20(17-36)10-11-22(25)19-41-30-9-3-7-26(38-30)24-13-12-21(31(34)32(24)35)16-29-37-27-6-1-2-8-28(27)39(29)18-23-5-4-14-40-23/h1-3,6-13,15,23H,4-5,14,16,18-19H2. The van der Waals surface area contributed by atoms with Gasteiger partial charge >= 0.3 is 0 Å². The van der Waals surface area contributed by atoms with Gasteiger partial charge in [-0.15, -0.1) is 0 Å². The van der Waals surface area contributed by atoms with Crippen LogP contribution in [0.15, 0.2) is 72.8 Å². The predicted molar refractivity (Wildman–Crippen MR) is 147 cm³/mol. The van der Waals surface area contributed by atoms with Gasteiger partial charge in [0.1, 0.15) is 18.2 Å². The monoisotopic (exact) mass is 554 g/mol. The maximum Gasteiger partial charge on any atom is 0.214 e. The van der Waals surface area contributed by atoms with Gasteiger partial charge in [0.05, 0.1) is 41.0 Å². The Balaban J connectivity index is 1.24. The Kier molecular flexibility index (Phi) is 7.40. The van der Waals surface area contributed by atoms with Crippen molar-refractivity contribution in [1.82, 2.24) is 14.5 Å². The summed E-state index contributed by atoms with van der Waals surface area (Å²) in [5.41, 5.74) is 2.50. The molecule has 41 heavy (non-hydrogen) atoms. The molecule has 2 aromatic heterocycles. The van der Waals surface area contributed by atoms with E-state index >= 15 is 8.78 Å². The molecule has 1 unspecified atom stereocenters. The first kappa shape index (κ1) is 26.5. The summed E-state index contributed by atoms with van der Waals surface area (Å²) in [5, 5.41) is 8.90. The largest absolute Gasteiger partial charge is 0.473 e. The number of rotatable bonds is 8. The number of benzene rings is 3. The second kappa shape index (κ2) is 11.4. The number of para-hydroxylation sites is 2. The zero-order valence-corrected chi connectivity index (χ0v) is 22.0. The Hall–Kier alpha value is -4.68. The number of halogens is 3. The van der Waals surface area contributed by atoms with Crippen LogP contribution in [0.25, 0.3) is 22.3 Å². The van der Waals surface area contributed by atoms with Crippen LogP contribution in [-0.4, -0.2) is 27.2 Å². The summed E-state index contributed by atoms with van der Waals surface area (Å²) in [4.78, 5) is 9.02. The van der Waals surface area contributed by atoms with E-state index in [-0.39, 0.29) is 53.0 Å². The Morgan fingerprint density at radius 2 is 1.80 bits per heavy atom. The van der Waals surface area contributed by atoms with Crippen molar-refractivity contribution in [2.24, 2.45) is 0 Å². The van der Waals surface area contributed by atoms with Crippen LogP contribution >= 0.6 is 0 Å². The molecule has 0 aliphatic carbocycles. The van der Waals surface area contributed by atoms with E-state index in [9.17, 15) is 4.39 Å². The van der Waals surface area contributed by atoms with Crippen molar-refractivity contribution < 1.29 is 22.6 Å². The molecule has 206 valence electrons. The molecule has 1 fully saturated rings. The first-order valence-electron chi connectivity index (χ1n) is 13.3. The highest BCUT2D eigenvalue weighted by atomic mass is 19.2. The topological polar surface area (TPSA) is 73.0 Å².